The number of ether oxygens (including phenoxy) is 2. The van der Waals surface area contributed by atoms with Gasteiger partial charge in [-0.1, -0.05) is 0 Å². The van der Waals surface area contributed by atoms with E-state index in [9.17, 15) is 26.7 Å². The summed E-state index contributed by atoms with van der Waals surface area (Å²) in [5.74, 6) is 0. The molecule has 1 aliphatic heterocycles. The van der Waals surface area contributed by atoms with Crippen molar-refractivity contribution in [1.29, 1.82) is 0 Å². The van der Waals surface area contributed by atoms with Crippen molar-refractivity contribution in [2.24, 2.45) is 0 Å². The van der Waals surface area contributed by atoms with E-state index in [2.05, 4.69) is 9.47 Å². The summed E-state index contributed by atoms with van der Waals surface area (Å²) >= 11 is 0. The molecule has 1 rings (SSSR count). The minimum Gasteiger partial charge on any atom is -0.420 e. The summed E-state index contributed by atoms with van der Waals surface area (Å²) in [7, 11) is 0. The van der Waals surface area contributed by atoms with Gasteiger partial charge in [-0.15, -0.1) is 0 Å². The van der Waals surface area contributed by atoms with Crippen LogP contribution in [0.4, 0.5) is 26.7 Å². The molecule has 1 unspecified atom stereocenters. The third-order valence-electron chi connectivity index (χ3n) is 1.25. The molecule has 1 saturated heterocycles. The fraction of sp³-hybridized carbons (Fsp3) is 0.800. The van der Waals surface area contributed by atoms with Crippen molar-refractivity contribution < 1.29 is 36.2 Å². The van der Waals surface area contributed by atoms with Gasteiger partial charge in [-0.3, -0.25) is 0 Å². The van der Waals surface area contributed by atoms with Crippen LogP contribution in [0.15, 0.2) is 0 Å². The lowest BCUT2D eigenvalue weighted by atomic mass is 10.2. The van der Waals surface area contributed by atoms with Gasteiger partial charge in [-0.05, 0) is 0 Å². The minimum absolute atomic E-state index is 1.79. The van der Waals surface area contributed by atoms with Crippen LogP contribution in [-0.4, -0.2) is 24.5 Å². The molecule has 0 saturated carbocycles. The molecule has 1 atom stereocenters. The van der Waals surface area contributed by atoms with Crippen LogP contribution in [0.25, 0.3) is 0 Å². The molecule has 0 spiro atoms. The molecular weight excluding hydrogens is 203 g/mol. The normalized spacial score (nSPS) is 26.8. The number of hydrogen-bond acceptors (Lipinski definition) is 3. The lowest BCUT2D eigenvalue weighted by Gasteiger charge is -2.14. The van der Waals surface area contributed by atoms with Gasteiger partial charge in [0.25, 0.3) is 0 Å². The fourth-order valence-electron chi connectivity index (χ4n) is 0.756. The van der Waals surface area contributed by atoms with Crippen LogP contribution in [0.3, 0.4) is 0 Å². The van der Waals surface area contributed by atoms with E-state index in [1.54, 1.807) is 0 Å². The number of carbonyl (C=O) groups is 1. The quantitative estimate of drug-likeness (QED) is 0.486. The van der Waals surface area contributed by atoms with Gasteiger partial charge in [0, 0.05) is 0 Å². The van der Waals surface area contributed by atoms with Crippen LogP contribution in [0.2, 0.25) is 0 Å². The van der Waals surface area contributed by atoms with Gasteiger partial charge in [0.05, 0.1) is 6.42 Å². The molecule has 3 nitrogen and oxygen atoms in total. The van der Waals surface area contributed by atoms with Crippen molar-refractivity contribution in [1.82, 2.24) is 0 Å². The van der Waals surface area contributed by atoms with E-state index in [4.69, 9.17) is 0 Å². The highest BCUT2D eigenvalue weighted by atomic mass is 19.4. The van der Waals surface area contributed by atoms with Crippen LogP contribution in [0.5, 0.6) is 0 Å². The molecule has 0 radical (unpaired) electrons. The molecule has 76 valence electrons. The maximum absolute atomic E-state index is 12.3. The Labute approximate surface area is 68.4 Å². The van der Waals surface area contributed by atoms with E-state index in [0.29, 0.717) is 0 Å². The Kier molecular flexibility index (Phi) is 2.08. The van der Waals surface area contributed by atoms with E-state index >= 15 is 0 Å². The van der Waals surface area contributed by atoms with Crippen LogP contribution in [-0.2, 0) is 9.47 Å². The molecule has 0 aliphatic carbocycles. The second-order valence-corrected chi connectivity index (χ2v) is 2.34. The van der Waals surface area contributed by atoms with Gasteiger partial charge >= 0.3 is 18.4 Å². The Bertz CT molecular complexity index is 223. The summed E-state index contributed by atoms with van der Waals surface area (Å²) in [5, 5.41) is 0. The molecular formula is C5H3F5O3. The zero-order chi connectivity index (χ0) is 10.3. The van der Waals surface area contributed by atoms with Gasteiger partial charge in [0.2, 0.25) is 6.10 Å². The maximum Gasteiger partial charge on any atom is 0.513 e. The largest absolute Gasteiger partial charge is 0.513 e. The summed E-state index contributed by atoms with van der Waals surface area (Å²) in [6, 6.07) is 0. The molecule has 0 amide bonds. The lowest BCUT2D eigenvalue weighted by Crippen LogP contribution is -2.34. The SMILES string of the molecule is O=C1OC(CC(F)(F)F)C(F)(F)O1. The standard InChI is InChI=1S/C5H3F5O3/c6-4(7,8)1-2-5(9,10)13-3(11)12-2/h2H,1H2. The van der Waals surface area contributed by atoms with E-state index in [1.165, 1.54) is 0 Å². The first-order valence-electron chi connectivity index (χ1n) is 3.05. The predicted molar refractivity (Wildman–Crippen MR) is 27.0 cm³/mol. The van der Waals surface area contributed by atoms with Crippen molar-refractivity contribution in [2.45, 2.75) is 24.8 Å². The Hall–Kier alpha value is -1.08. The third-order valence-corrected chi connectivity index (χ3v) is 1.25. The summed E-state index contributed by atoms with van der Waals surface area (Å²) in [6.45, 7) is 0. The van der Waals surface area contributed by atoms with Crippen LogP contribution < -0.4 is 0 Å². The van der Waals surface area contributed by atoms with Crippen molar-refractivity contribution in [3.05, 3.63) is 0 Å². The highest BCUT2D eigenvalue weighted by molar-refractivity contribution is 5.62. The van der Waals surface area contributed by atoms with Crippen molar-refractivity contribution >= 4 is 6.16 Å². The molecule has 13 heavy (non-hydrogen) atoms. The monoisotopic (exact) mass is 206 g/mol. The lowest BCUT2D eigenvalue weighted by molar-refractivity contribution is -0.230. The summed E-state index contributed by atoms with van der Waals surface area (Å²) in [5.41, 5.74) is 0. The van der Waals surface area contributed by atoms with Gasteiger partial charge < -0.3 is 9.47 Å². The zero-order valence-corrected chi connectivity index (χ0v) is 5.90. The number of carbonyl (C=O) groups excluding carboxylic acids is 1. The number of hydrogen-bond donors (Lipinski definition) is 0. The van der Waals surface area contributed by atoms with Gasteiger partial charge in [0.1, 0.15) is 0 Å². The fourth-order valence-corrected chi connectivity index (χ4v) is 0.756. The smallest absolute Gasteiger partial charge is 0.420 e. The molecule has 1 fully saturated rings. The minimum atomic E-state index is -4.83. The van der Waals surface area contributed by atoms with Crippen LogP contribution >= 0.6 is 0 Å². The maximum atomic E-state index is 12.3. The third kappa shape index (κ3) is 2.43. The van der Waals surface area contributed by atoms with E-state index in [-0.39, 0.29) is 0 Å². The van der Waals surface area contributed by atoms with Crippen molar-refractivity contribution in [2.75, 3.05) is 0 Å². The number of alkyl halides is 5. The molecule has 0 aromatic carbocycles. The molecule has 1 aliphatic rings. The van der Waals surface area contributed by atoms with E-state index < -0.39 is 31.0 Å². The second-order valence-electron chi connectivity index (χ2n) is 2.34. The van der Waals surface area contributed by atoms with Gasteiger partial charge in [-0.25, -0.2) is 4.79 Å². The molecule has 1 heterocycles. The average molecular weight is 206 g/mol. The summed E-state index contributed by atoms with van der Waals surface area (Å²) in [6.07, 6.45) is -15.3. The molecule has 8 heteroatoms. The first-order chi connectivity index (χ1) is 5.71. The summed E-state index contributed by atoms with van der Waals surface area (Å²) < 4.78 is 66.3. The van der Waals surface area contributed by atoms with Crippen LogP contribution in [0.1, 0.15) is 6.42 Å². The first kappa shape index (κ1) is 10.0. The predicted octanol–water partition coefficient (Wildman–Crippen LogP) is 2.07. The second kappa shape index (κ2) is 2.71. The Balaban J connectivity index is 2.65. The highest BCUT2D eigenvalue weighted by Crippen LogP contribution is 2.36. The van der Waals surface area contributed by atoms with Crippen molar-refractivity contribution in [3.8, 4) is 0 Å². The number of cyclic esters (lactones) is 2. The molecule has 0 aromatic heterocycles. The molecule has 0 N–H and O–H groups in total. The number of rotatable bonds is 1. The zero-order valence-electron chi connectivity index (χ0n) is 5.90. The number of halogens is 5. The van der Waals surface area contributed by atoms with Gasteiger partial charge in [0.15, 0.2) is 0 Å². The average Bonchev–Trinajstić information content (AvgIpc) is 2.00. The first-order valence-corrected chi connectivity index (χ1v) is 3.05. The Morgan fingerprint density at radius 3 is 2.23 bits per heavy atom. The van der Waals surface area contributed by atoms with Gasteiger partial charge in [-0.2, -0.15) is 22.0 Å². The van der Waals surface area contributed by atoms with E-state index in [0.717, 1.165) is 0 Å². The molecule has 0 bridgehead atoms. The van der Waals surface area contributed by atoms with Crippen molar-refractivity contribution in [3.63, 3.8) is 0 Å². The topological polar surface area (TPSA) is 35.5 Å². The highest BCUT2D eigenvalue weighted by Gasteiger charge is 2.57. The Morgan fingerprint density at radius 2 is 1.92 bits per heavy atom. The Morgan fingerprint density at radius 1 is 1.38 bits per heavy atom. The van der Waals surface area contributed by atoms with E-state index in [1.807, 2.05) is 0 Å². The van der Waals surface area contributed by atoms with Crippen LogP contribution in [0, 0.1) is 0 Å². The summed E-state index contributed by atoms with van der Waals surface area (Å²) in [4.78, 5) is 10.1. The molecule has 0 aromatic rings.